The number of aromatic nitrogens is 1. The monoisotopic (exact) mass is 613 g/mol. The number of carbonyl (C=O) groups is 1. The molecule has 0 aliphatic carbocycles. The van der Waals surface area contributed by atoms with E-state index in [1.807, 2.05) is 0 Å². The lowest BCUT2D eigenvalue weighted by Crippen LogP contribution is -2.01. The Morgan fingerprint density at radius 2 is 1.73 bits per heavy atom. The van der Waals surface area contributed by atoms with E-state index in [0.717, 1.165) is 17.0 Å². The molecule has 0 atom stereocenters. The molecule has 0 fully saturated rings. The number of sulfone groups is 1. The quantitative estimate of drug-likeness (QED) is 0.179. The Morgan fingerprint density at radius 1 is 1.06 bits per heavy atom. The first kappa shape index (κ1) is 23.8. The number of benzene rings is 3. The minimum atomic E-state index is -3.89. The zero-order valence-electron chi connectivity index (χ0n) is 16.5. The summed E-state index contributed by atoms with van der Waals surface area (Å²) >= 11 is 8.05. The average Bonchev–Trinajstić information content (AvgIpc) is 3.19. The second-order valence-electron chi connectivity index (χ2n) is 6.82. The van der Waals surface area contributed by atoms with Gasteiger partial charge in [0.1, 0.15) is 11.6 Å². The molecule has 1 aromatic heterocycles. The van der Waals surface area contributed by atoms with Gasteiger partial charge in [-0.05, 0) is 86.5 Å². The van der Waals surface area contributed by atoms with Crippen molar-refractivity contribution in [3.8, 4) is 11.5 Å². The van der Waals surface area contributed by atoms with Crippen molar-refractivity contribution in [2.45, 2.75) is 14.7 Å². The Morgan fingerprint density at radius 3 is 2.36 bits per heavy atom. The van der Waals surface area contributed by atoms with Crippen LogP contribution in [0.2, 0.25) is 0 Å². The molecule has 3 aromatic carbocycles. The zero-order chi connectivity index (χ0) is 23.8. The fourth-order valence-corrected chi connectivity index (χ4v) is 6.85. The van der Waals surface area contributed by atoms with Gasteiger partial charge >= 0.3 is 5.97 Å². The largest absolute Gasteiger partial charge is 0.481 e. The highest BCUT2D eigenvalue weighted by atomic mass is 79.9. The van der Waals surface area contributed by atoms with Crippen molar-refractivity contribution >= 4 is 70.3 Å². The van der Waals surface area contributed by atoms with Gasteiger partial charge in [-0.25, -0.2) is 12.8 Å². The van der Waals surface area contributed by atoms with Crippen LogP contribution in [0.1, 0.15) is 0 Å². The molecule has 4 aromatic rings. The Labute approximate surface area is 209 Å². The van der Waals surface area contributed by atoms with E-state index in [9.17, 15) is 17.6 Å². The summed E-state index contributed by atoms with van der Waals surface area (Å²) in [6.07, 6.45) is 1.40. The normalized spacial score (nSPS) is 11.6. The number of hydrogen-bond acceptors (Lipinski definition) is 5. The maximum absolute atomic E-state index is 13.2. The van der Waals surface area contributed by atoms with Crippen LogP contribution in [0, 0.1) is 5.82 Å². The lowest BCUT2D eigenvalue weighted by Gasteiger charge is -2.12. The van der Waals surface area contributed by atoms with E-state index in [0.29, 0.717) is 31.3 Å². The van der Waals surface area contributed by atoms with Gasteiger partial charge in [-0.1, -0.05) is 0 Å². The summed E-state index contributed by atoms with van der Waals surface area (Å²) in [6.45, 7) is 0. The summed E-state index contributed by atoms with van der Waals surface area (Å²) in [6, 6.07) is 13.1. The lowest BCUT2D eigenvalue weighted by molar-refractivity contribution is -0.133. The third-order valence-corrected chi connectivity index (χ3v) is 8.53. The lowest BCUT2D eigenvalue weighted by atomic mass is 10.2. The second-order valence-corrected chi connectivity index (χ2v) is 11.5. The van der Waals surface area contributed by atoms with Crippen LogP contribution in [-0.2, 0) is 14.6 Å². The van der Waals surface area contributed by atoms with E-state index in [-0.39, 0.29) is 15.5 Å². The van der Waals surface area contributed by atoms with Crippen molar-refractivity contribution in [2.24, 2.45) is 0 Å². The van der Waals surface area contributed by atoms with Crippen molar-refractivity contribution in [3.63, 3.8) is 0 Å². The number of aromatic amines is 1. The SMILES string of the molecule is O=C(O)CSc1cc(Br)c(Oc2ccc3[nH]cc(S(=O)(=O)c4ccc(F)cc4)c3c2)c(Br)c1. The van der Waals surface area contributed by atoms with Gasteiger partial charge in [-0.3, -0.25) is 4.79 Å². The summed E-state index contributed by atoms with van der Waals surface area (Å²) in [4.78, 5) is 14.5. The van der Waals surface area contributed by atoms with Crippen molar-refractivity contribution in [1.82, 2.24) is 4.98 Å². The highest BCUT2D eigenvalue weighted by Crippen LogP contribution is 2.41. The number of halogens is 3. The van der Waals surface area contributed by atoms with Crippen molar-refractivity contribution in [1.29, 1.82) is 0 Å². The van der Waals surface area contributed by atoms with Gasteiger partial charge < -0.3 is 14.8 Å². The van der Waals surface area contributed by atoms with E-state index >= 15 is 0 Å². The molecule has 6 nitrogen and oxygen atoms in total. The van der Waals surface area contributed by atoms with Gasteiger partial charge in [0.2, 0.25) is 9.84 Å². The Balaban J connectivity index is 1.68. The van der Waals surface area contributed by atoms with Gasteiger partial charge in [0.05, 0.1) is 24.5 Å². The first-order chi connectivity index (χ1) is 15.6. The van der Waals surface area contributed by atoms with Gasteiger partial charge in [0.25, 0.3) is 0 Å². The third-order valence-electron chi connectivity index (χ3n) is 4.58. The number of H-pyrrole nitrogens is 1. The first-order valence-corrected chi connectivity index (χ1v) is 13.3. The van der Waals surface area contributed by atoms with Gasteiger partial charge in [0.15, 0.2) is 5.75 Å². The molecule has 2 N–H and O–H groups in total. The number of hydrogen-bond donors (Lipinski definition) is 2. The van der Waals surface area contributed by atoms with Crippen molar-refractivity contribution < 1.29 is 27.4 Å². The number of fused-ring (bicyclic) bond motifs is 1. The molecule has 0 unspecified atom stereocenters. The van der Waals surface area contributed by atoms with Crippen LogP contribution in [0.4, 0.5) is 4.39 Å². The standard InChI is InChI=1S/C22H14Br2FNO5S2/c23-17-8-14(32-11-21(27)28)9-18(24)22(17)31-13-3-6-19-16(7-13)20(10-26-19)33(29,30)15-4-1-12(25)2-5-15/h1-10,26H,11H2,(H,27,28). The summed E-state index contributed by atoms with van der Waals surface area (Å²) in [5.74, 6) is -0.669. The molecule has 0 aliphatic rings. The number of rotatable bonds is 7. The van der Waals surface area contributed by atoms with E-state index in [2.05, 4.69) is 36.8 Å². The second kappa shape index (κ2) is 9.49. The molecule has 11 heteroatoms. The third kappa shape index (κ3) is 5.11. The summed E-state index contributed by atoms with van der Waals surface area (Å²) in [7, 11) is -3.89. The molecule has 0 saturated carbocycles. The van der Waals surface area contributed by atoms with Gasteiger partial charge in [0, 0.05) is 22.0 Å². The summed E-state index contributed by atoms with van der Waals surface area (Å²) < 4.78 is 46.7. The van der Waals surface area contributed by atoms with Crippen LogP contribution >= 0.6 is 43.6 Å². The highest BCUT2D eigenvalue weighted by Gasteiger charge is 2.22. The summed E-state index contributed by atoms with van der Waals surface area (Å²) in [5, 5.41) is 9.29. The molecule has 0 bridgehead atoms. The Bertz CT molecular complexity index is 1450. The maximum Gasteiger partial charge on any atom is 0.313 e. The number of nitrogens with one attached hydrogen (secondary N) is 1. The fourth-order valence-electron chi connectivity index (χ4n) is 3.08. The summed E-state index contributed by atoms with van der Waals surface area (Å²) in [5.41, 5.74) is 0.599. The van der Waals surface area contributed by atoms with Crippen LogP contribution in [-0.4, -0.2) is 30.2 Å². The molecule has 170 valence electrons. The molecule has 33 heavy (non-hydrogen) atoms. The van der Waals surface area contributed by atoms with Crippen LogP contribution in [0.5, 0.6) is 11.5 Å². The molecular weight excluding hydrogens is 601 g/mol. The number of ether oxygens (including phenoxy) is 1. The minimum Gasteiger partial charge on any atom is -0.481 e. The smallest absolute Gasteiger partial charge is 0.313 e. The topological polar surface area (TPSA) is 96.5 Å². The fraction of sp³-hybridized carbons (Fsp3) is 0.0455. The molecule has 0 spiro atoms. The van der Waals surface area contributed by atoms with Crippen LogP contribution in [0.25, 0.3) is 10.9 Å². The average molecular weight is 615 g/mol. The minimum absolute atomic E-state index is 0.0175. The molecular formula is C22H14Br2FNO5S2. The maximum atomic E-state index is 13.2. The Kier molecular flexibility index (Phi) is 6.85. The highest BCUT2D eigenvalue weighted by molar-refractivity contribution is 9.11. The van der Waals surface area contributed by atoms with Crippen molar-refractivity contribution in [3.05, 3.63) is 75.6 Å². The van der Waals surface area contributed by atoms with E-state index in [1.165, 1.54) is 30.1 Å². The molecule has 0 saturated heterocycles. The van der Waals surface area contributed by atoms with E-state index < -0.39 is 21.6 Å². The predicted octanol–water partition coefficient (Wildman–Crippen LogP) is 6.63. The number of carboxylic acids is 1. The predicted molar refractivity (Wildman–Crippen MR) is 130 cm³/mol. The van der Waals surface area contributed by atoms with Crippen molar-refractivity contribution in [2.75, 3.05) is 5.75 Å². The first-order valence-electron chi connectivity index (χ1n) is 9.28. The van der Waals surface area contributed by atoms with Crippen LogP contribution < -0.4 is 4.74 Å². The number of aliphatic carboxylic acids is 1. The molecule has 1 heterocycles. The molecule has 0 amide bonds. The van der Waals surface area contributed by atoms with E-state index in [1.54, 1.807) is 30.3 Å². The Hall–Kier alpha value is -2.34. The number of carboxylic acid groups (broad SMARTS) is 1. The van der Waals surface area contributed by atoms with Crippen LogP contribution in [0.15, 0.2) is 84.4 Å². The number of thioether (sulfide) groups is 1. The molecule has 0 radical (unpaired) electrons. The van der Waals surface area contributed by atoms with E-state index in [4.69, 9.17) is 9.84 Å². The van der Waals surface area contributed by atoms with Crippen LogP contribution in [0.3, 0.4) is 0 Å². The zero-order valence-corrected chi connectivity index (χ0v) is 21.3. The van der Waals surface area contributed by atoms with Gasteiger partial charge in [-0.2, -0.15) is 0 Å². The van der Waals surface area contributed by atoms with Gasteiger partial charge in [-0.15, -0.1) is 11.8 Å². The molecule has 0 aliphatic heterocycles. The molecule has 4 rings (SSSR count).